The highest BCUT2D eigenvalue weighted by molar-refractivity contribution is 6.32. The molecule has 1 heterocycles. The molecule has 1 aliphatic carbocycles. The number of carbonyl (C=O) groups excluding carboxylic acids is 1. The lowest BCUT2D eigenvalue weighted by molar-refractivity contribution is -0.000753. The molecular formula is C16H22Cl2N2O4. The summed E-state index contributed by atoms with van der Waals surface area (Å²) < 4.78 is 5.36. The highest BCUT2D eigenvalue weighted by Crippen LogP contribution is 2.36. The summed E-state index contributed by atoms with van der Waals surface area (Å²) >= 11 is 11.7. The second-order valence-corrected chi connectivity index (χ2v) is 7.92. The van der Waals surface area contributed by atoms with E-state index in [4.69, 9.17) is 27.9 Å². The molecule has 1 saturated carbocycles. The minimum Gasteiger partial charge on any atom is -0.444 e. The molecule has 8 heteroatoms. The Hall–Kier alpha value is -1.08. The van der Waals surface area contributed by atoms with Crippen LogP contribution in [0, 0.1) is 0 Å². The zero-order valence-corrected chi connectivity index (χ0v) is 15.4. The van der Waals surface area contributed by atoms with Gasteiger partial charge in [-0.3, -0.25) is 0 Å². The van der Waals surface area contributed by atoms with Crippen molar-refractivity contribution in [1.82, 2.24) is 9.88 Å². The topological polar surface area (TPSA) is 82.9 Å². The van der Waals surface area contributed by atoms with Crippen LogP contribution in [0.3, 0.4) is 0 Å². The van der Waals surface area contributed by atoms with Gasteiger partial charge in [0, 0.05) is 0 Å². The van der Waals surface area contributed by atoms with Crippen LogP contribution in [0.15, 0.2) is 12.1 Å². The Kier molecular flexibility index (Phi) is 5.64. The van der Waals surface area contributed by atoms with Gasteiger partial charge in [0.2, 0.25) is 0 Å². The van der Waals surface area contributed by atoms with Gasteiger partial charge in [0.05, 0.1) is 24.8 Å². The molecule has 2 rings (SSSR count). The van der Waals surface area contributed by atoms with Crippen molar-refractivity contribution in [1.29, 1.82) is 0 Å². The maximum absolute atomic E-state index is 12.4. The Balaban J connectivity index is 2.12. The molecule has 24 heavy (non-hydrogen) atoms. The zero-order valence-electron chi connectivity index (χ0n) is 13.9. The van der Waals surface area contributed by atoms with E-state index in [1.807, 2.05) is 0 Å². The number of rotatable bonds is 5. The van der Waals surface area contributed by atoms with Crippen molar-refractivity contribution in [3.05, 3.63) is 28.0 Å². The normalized spacial score (nSPS) is 17.3. The average molecular weight is 377 g/mol. The van der Waals surface area contributed by atoms with Gasteiger partial charge in [-0.15, -0.1) is 0 Å². The van der Waals surface area contributed by atoms with Crippen molar-refractivity contribution in [2.24, 2.45) is 0 Å². The van der Waals surface area contributed by atoms with Crippen molar-refractivity contribution < 1.29 is 19.7 Å². The summed E-state index contributed by atoms with van der Waals surface area (Å²) in [4.78, 5) is 17.5. The molecule has 0 bridgehead atoms. The third-order valence-corrected chi connectivity index (χ3v) is 3.91. The molecular weight excluding hydrogens is 355 g/mol. The van der Waals surface area contributed by atoms with Crippen LogP contribution in [0.25, 0.3) is 0 Å². The van der Waals surface area contributed by atoms with E-state index in [2.05, 4.69) is 4.98 Å². The molecule has 0 spiro atoms. The Labute approximate surface area is 151 Å². The first-order valence-electron chi connectivity index (χ1n) is 7.69. The number of carbonyl (C=O) groups is 1. The van der Waals surface area contributed by atoms with Gasteiger partial charge in [0.1, 0.15) is 15.9 Å². The first-order chi connectivity index (χ1) is 11.0. The monoisotopic (exact) mass is 376 g/mol. The summed E-state index contributed by atoms with van der Waals surface area (Å²) in [6.45, 7) is 5.33. The summed E-state index contributed by atoms with van der Waals surface area (Å²) in [5, 5.41) is 20.9. The second kappa shape index (κ2) is 7.04. The number of aliphatic hydroxyl groups excluding tert-OH is 1. The van der Waals surface area contributed by atoms with E-state index in [1.165, 1.54) is 17.0 Å². The number of aromatic nitrogens is 1. The van der Waals surface area contributed by atoms with Crippen molar-refractivity contribution >= 4 is 29.3 Å². The fourth-order valence-electron chi connectivity index (χ4n) is 2.18. The molecule has 1 aromatic heterocycles. The molecule has 0 aromatic carbocycles. The zero-order chi connectivity index (χ0) is 18.1. The van der Waals surface area contributed by atoms with Crippen molar-refractivity contribution in [3.8, 4) is 0 Å². The molecule has 134 valence electrons. The number of halogens is 2. The minimum absolute atomic E-state index is 0.0477. The van der Waals surface area contributed by atoms with Crippen LogP contribution >= 0.6 is 23.2 Å². The molecule has 1 aliphatic rings. The smallest absolute Gasteiger partial charge is 0.410 e. The van der Waals surface area contributed by atoms with Crippen molar-refractivity contribution in [2.75, 3.05) is 13.1 Å². The lowest BCUT2D eigenvalue weighted by Crippen LogP contribution is -2.43. The van der Waals surface area contributed by atoms with Crippen molar-refractivity contribution in [2.45, 2.75) is 50.9 Å². The van der Waals surface area contributed by atoms with Gasteiger partial charge in [-0.05, 0) is 51.3 Å². The first-order valence-corrected chi connectivity index (χ1v) is 8.44. The first kappa shape index (κ1) is 19.2. The molecule has 0 saturated heterocycles. The summed E-state index contributed by atoms with van der Waals surface area (Å²) in [7, 11) is 0. The van der Waals surface area contributed by atoms with Gasteiger partial charge in [0.25, 0.3) is 0 Å². The number of hydrogen-bond donors (Lipinski definition) is 2. The van der Waals surface area contributed by atoms with Crippen LogP contribution in [0.4, 0.5) is 4.79 Å². The highest BCUT2D eigenvalue weighted by atomic mass is 35.5. The van der Waals surface area contributed by atoms with E-state index in [9.17, 15) is 15.0 Å². The predicted octanol–water partition coefficient (Wildman–Crippen LogP) is 3.18. The maximum atomic E-state index is 12.4. The van der Waals surface area contributed by atoms with E-state index in [0.717, 1.165) is 0 Å². The molecule has 2 N–H and O–H groups in total. The Morgan fingerprint density at radius 2 is 1.92 bits per heavy atom. The minimum atomic E-state index is -1.03. The van der Waals surface area contributed by atoms with E-state index in [1.54, 1.807) is 20.8 Å². The summed E-state index contributed by atoms with van der Waals surface area (Å²) in [6.07, 6.45) is -0.379. The SMILES string of the molecule is CC(C)(C)OC(=O)N(CC(O)c1cc(Cl)nc(Cl)c1)CC1(O)CC1. The van der Waals surface area contributed by atoms with Gasteiger partial charge in [-0.25, -0.2) is 9.78 Å². The second-order valence-electron chi connectivity index (χ2n) is 7.15. The Morgan fingerprint density at radius 1 is 1.38 bits per heavy atom. The maximum Gasteiger partial charge on any atom is 0.410 e. The van der Waals surface area contributed by atoms with E-state index in [-0.39, 0.29) is 23.4 Å². The number of amides is 1. The quantitative estimate of drug-likeness (QED) is 0.771. The van der Waals surface area contributed by atoms with Gasteiger partial charge >= 0.3 is 6.09 Å². The number of aliphatic hydroxyl groups is 2. The number of hydrogen-bond acceptors (Lipinski definition) is 5. The van der Waals surface area contributed by atoms with Crippen LogP contribution in [-0.4, -0.2) is 50.5 Å². The Bertz CT molecular complexity index is 594. The molecule has 1 amide bonds. The van der Waals surface area contributed by atoms with Gasteiger partial charge in [0.15, 0.2) is 0 Å². The highest BCUT2D eigenvalue weighted by Gasteiger charge is 2.43. The fraction of sp³-hybridized carbons (Fsp3) is 0.625. The lowest BCUT2D eigenvalue weighted by Gasteiger charge is -2.30. The lowest BCUT2D eigenvalue weighted by atomic mass is 10.1. The van der Waals surface area contributed by atoms with E-state index < -0.39 is 23.4 Å². The molecule has 0 aliphatic heterocycles. The van der Waals surface area contributed by atoms with Gasteiger partial charge < -0.3 is 19.8 Å². The molecule has 1 unspecified atom stereocenters. The molecule has 1 atom stereocenters. The van der Waals surface area contributed by atoms with Crippen LogP contribution in [0.2, 0.25) is 10.3 Å². The third kappa shape index (κ3) is 5.77. The van der Waals surface area contributed by atoms with E-state index in [0.29, 0.717) is 18.4 Å². The molecule has 0 radical (unpaired) electrons. The largest absolute Gasteiger partial charge is 0.444 e. The Morgan fingerprint density at radius 3 is 2.38 bits per heavy atom. The van der Waals surface area contributed by atoms with Gasteiger partial charge in [-0.1, -0.05) is 23.2 Å². The predicted molar refractivity (Wildman–Crippen MR) is 91.2 cm³/mol. The van der Waals surface area contributed by atoms with E-state index >= 15 is 0 Å². The standard InChI is InChI=1S/C16H22Cl2N2O4/c1-15(2,3)24-14(22)20(9-16(23)4-5-16)8-11(21)10-6-12(17)19-13(18)7-10/h6-7,11,21,23H,4-5,8-9H2,1-3H3. The van der Waals surface area contributed by atoms with Crippen molar-refractivity contribution in [3.63, 3.8) is 0 Å². The molecule has 1 aromatic rings. The average Bonchev–Trinajstić information content (AvgIpc) is 3.12. The fourth-order valence-corrected chi connectivity index (χ4v) is 2.65. The van der Waals surface area contributed by atoms with Crippen LogP contribution in [0.1, 0.15) is 45.3 Å². The van der Waals surface area contributed by atoms with Crippen LogP contribution < -0.4 is 0 Å². The number of pyridine rings is 1. The molecule has 6 nitrogen and oxygen atoms in total. The summed E-state index contributed by atoms with van der Waals surface area (Å²) in [6, 6.07) is 2.97. The molecule has 1 fully saturated rings. The number of ether oxygens (including phenoxy) is 1. The summed E-state index contributed by atoms with van der Waals surface area (Å²) in [5.41, 5.74) is -1.13. The third-order valence-electron chi connectivity index (χ3n) is 3.53. The van der Waals surface area contributed by atoms with Crippen LogP contribution in [0.5, 0.6) is 0 Å². The van der Waals surface area contributed by atoms with Crippen LogP contribution in [-0.2, 0) is 4.74 Å². The van der Waals surface area contributed by atoms with Gasteiger partial charge in [-0.2, -0.15) is 0 Å². The number of nitrogens with zero attached hydrogens (tertiary/aromatic N) is 2. The summed E-state index contributed by atoms with van der Waals surface area (Å²) in [5.74, 6) is 0.